The molecule has 4 heterocycles. The lowest BCUT2D eigenvalue weighted by Crippen LogP contribution is -2.50. The van der Waals surface area contributed by atoms with Crippen LogP contribution in [0.5, 0.6) is 0 Å². The minimum Gasteiger partial charge on any atom is -0.355 e. The number of nitrogens with zero attached hydrogens (tertiary/aromatic N) is 6. The summed E-state index contributed by atoms with van der Waals surface area (Å²) in [5.74, 6) is 5.10. The van der Waals surface area contributed by atoms with Gasteiger partial charge in [0.1, 0.15) is 0 Å². The highest BCUT2D eigenvalue weighted by atomic mass is 15.3. The zero-order chi connectivity index (χ0) is 32.1. The summed E-state index contributed by atoms with van der Waals surface area (Å²) in [7, 11) is 0. The minimum atomic E-state index is 0.457. The molecule has 3 aliphatic rings. The van der Waals surface area contributed by atoms with E-state index in [-0.39, 0.29) is 0 Å². The molecule has 6 heteroatoms. The highest BCUT2D eigenvalue weighted by molar-refractivity contribution is 5.38. The van der Waals surface area contributed by atoms with E-state index in [1.54, 1.807) is 0 Å². The van der Waals surface area contributed by atoms with Gasteiger partial charge in [0.25, 0.3) is 0 Å². The summed E-state index contributed by atoms with van der Waals surface area (Å²) >= 11 is 0. The van der Waals surface area contributed by atoms with Crippen molar-refractivity contribution in [3.8, 4) is 0 Å². The molecule has 0 saturated carbocycles. The van der Waals surface area contributed by atoms with Gasteiger partial charge in [0, 0.05) is 57.4 Å². The van der Waals surface area contributed by atoms with Crippen LogP contribution in [-0.2, 0) is 0 Å². The van der Waals surface area contributed by atoms with Crippen molar-refractivity contribution in [3.05, 3.63) is 17.8 Å². The average molecular weight is 601 g/mol. The van der Waals surface area contributed by atoms with Crippen LogP contribution < -0.4 is 4.90 Å². The third-order valence-corrected chi connectivity index (χ3v) is 10.1. The van der Waals surface area contributed by atoms with Crippen LogP contribution in [0.1, 0.15) is 127 Å². The van der Waals surface area contributed by atoms with Gasteiger partial charge in [-0.1, -0.05) is 41.5 Å². The summed E-state index contributed by atoms with van der Waals surface area (Å²) < 4.78 is 0. The Hall–Kier alpha value is -1.24. The van der Waals surface area contributed by atoms with E-state index in [9.17, 15) is 0 Å². The molecule has 0 atom stereocenters. The topological polar surface area (TPSA) is 38.7 Å². The van der Waals surface area contributed by atoms with Crippen molar-refractivity contribution >= 4 is 5.82 Å². The Morgan fingerprint density at radius 1 is 0.581 bits per heavy atom. The maximum Gasteiger partial charge on any atom is 0.151 e. The van der Waals surface area contributed by atoms with Crippen molar-refractivity contribution in [2.75, 3.05) is 57.3 Å². The maximum atomic E-state index is 4.39. The van der Waals surface area contributed by atoms with E-state index in [0.717, 1.165) is 66.4 Å². The van der Waals surface area contributed by atoms with Crippen LogP contribution in [0, 0.1) is 23.7 Å². The maximum absolute atomic E-state index is 4.39. The van der Waals surface area contributed by atoms with Gasteiger partial charge >= 0.3 is 0 Å². The molecule has 3 saturated heterocycles. The smallest absolute Gasteiger partial charge is 0.151 e. The summed E-state index contributed by atoms with van der Waals surface area (Å²) in [4.78, 5) is 10.1. The highest BCUT2D eigenvalue weighted by Gasteiger charge is 2.23. The van der Waals surface area contributed by atoms with Crippen LogP contribution in [0.3, 0.4) is 0 Å². The predicted octanol–water partition coefficient (Wildman–Crippen LogP) is 8.05. The number of likely N-dealkylation sites (tertiary alicyclic amines) is 1. The van der Waals surface area contributed by atoms with Crippen molar-refractivity contribution in [2.24, 2.45) is 23.7 Å². The number of piperidine rings is 2. The Morgan fingerprint density at radius 2 is 1.05 bits per heavy atom. The first-order valence-electron chi connectivity index (χ1n) is 18.1. The Kier molecular flexibility index (Phi) is 17.0. The van der Waals surface area contributed by atoms with E-state index in [2.05, 4.69) is 125 Å². The second-order valence-electron chi connectivity index (χ2n) is 15.5. The van der Waals surface area contributed by atoms with Gasteiger partial charge in [0.2, 0.25) is 0 Å². The molecule has 0 aromatic carbocycles. The molecule has 1 aromatic rings. The third kappa shape index (κ3) is 13.7. The molecular weight excluding hydrogens is 528 g/mol. The second-order valence-corrected chi connectivity index (χ2v) is 15.5. The van der Waals surface area contributed by atoms with E-state index < -0.39 is 0 Å². The SMILES string of the molecule is CC(C)C1CCN(C(C)C)CC1.CC(C)CC1CCN(c2ccc(C(C)C)nn2)CC1.CC(C)N1CCN(C(C)C)CC1. The number of hydrogen-bond acceptors (Lipinski definition) is 6. The molecule has 3 aliphatic heterocycles. The van der Waals surface area contributed by atoms with Gasteiger partial charge in [0.05, 0.1) is 5.69 Å². The Bertz CT molecular complexity index is 761. The average Bonchev–Trinajstić information content (AvgIpc) is 2.98. The second kappa shape index (κ2) is 19.3. The fourth-order valence-corrected chi connectivity index (χ4v) is 6.75. The largest absolute Gasteiger partial charge is 0.355 e. The van der Waals surface area contributed by atoms with E-state index >= 15 is 0 Å². The molecule has 6 nitrogen and oxygen atoms in total. The summed E-state index contributed by atoms with van der Waals surface area (Å²) in [5.41, 5.74) is 1.08. The van der Waals surface area contributed by atoms with Crippen LogP contribution in [0.2, 0.25) is 0 Å². The predicted molar refractivity (Wildman–Crippen MR) is 188 cm³/mol. The Labute approximate surface area is 268 Å². The lowest BCUT2D eigenvalue weighted by molar-refractivity contribution is 0.0887. The summed E-state index contributed by atoms with van der Waals surface area (Å²) in [5, 5.41) is 8.71. The number of rotatable bonds is 8. The van der Waals surface area contributed by atoms with E-state index in [4.69, 9.17) is 0 Å². The molecule has 0 unspecified atom stereocenters. The van der Waals surface area contributed by atoms with Crippen molar-refractivity contribution < 1.29 is 0 Å². The zero-order valence-corrected chi connectivity index (χ0v) is 30.6. The van der Waals surface area contributed by atoms with Gasteiger partial charge in [0.15, 0.2) is 5.82 Å². The van der Waals surface area contributed by atoms with E-state index in [1.807, 2.05) is 0 Å². The standard InChI is InChI=1S/C16H27N3.C11H23N.C10H22N2/c1-12(2)11-14-7-9-19(10-8-14)16-6-5-15(13(3)4)17-18-16;2*1-9(2)11-5-7-12(8-6-11)10(3)4/h5-6,12-14H,7-11H2,1-4H3;9-11H,5-8H2,1-4H3;9-10H,5-8H2,1-4H3. The van der Waals surface area contributed by atoms with Gasteiger partial charge in [-0.2, -0.15) is 5.10 Å². The molecule has 250 valence electrons. The molecular formula is C37H72N6. The number of piperazine rings is 1. The third-order valence-electron chi connectivity index (χ3n) is 10.1. The molecule has 43 heavy (non-hydrogen) atoms. The molecule has 0 radical (unpaired) electrons. The molecule has 4 rings (SSSR count). The van der Waals surface area contributed by atoms with E-state index in [1.165, 1.54) is 71.4 Å². The van der Waals surface area contributed by atoms with E-state index in [0.29, 0.717) is 5.92 Å². The zero-order valence-electron chi connectivity index (χ0n) is 30.6. The fraction of sp³-hybridized carbons (Fsp3) is 0.892. The molecule has 0 spiro atoms. The number of hydrogen-bond donors (Lipinski definition) is 0. The first-order valence-corrected chi connectivity index (χ1v) is 18.1. The Morgan fingerprint density at radius 3 is 1.40 bits per heavy atom. The normalized spacial score (nSPS) is 20.3. The quantitative estimate of drug-likeness (QED) is 0.301. The molecule has 0 aliphatic carbocycles. The monoisotopic (exact) mass is 601 g/mol. The van der Waals surface area contributed by atoms with Gasteiger partial charge in [-0.3, -0.25) is 9.80 Å². The number of aromatic nitrogens is 2. The molecule has 0 amide bonds. The first kappa shape index (κ1) is 37.9. The molecule has 0 N–H and O–H groups in total. The highest BCUT2D eigenvalue weighted by Crippen LogP contribution is 2.27. The molecule has 3 fully saturated rings. The Balaban J connectivity index is 0.000000236. The van der Waals surface area contributed by atoms with Gasteiger partial charge < -0.3 is 9.80 Å². The van der Waals surface area contributed by atoms with Crippen LogP contribution in [0.15, 0.2) is 12.1 Å². The van der Waals surface area contributed by atoms with Gasteiger partial charge in [-0.25, -0.2) is 0 Å². The van der Waals surface area contributed by atoms with Crippen LogP contribution >= 0.6 is 0 Å². The summed E-state index contributed by atoms with van der Waals surface area (Å²) in [6.07, 6.45) is 6.79. The van der Waals surface area contributed by atoms with Crippen LogP contribution in [0.25, 0.3) is 0 Å². The molecule has 0 bridgehead atoms. The van der Waals surface area contributed by atoms with Gasteiger partial charge in [-0.15, -0.1) is 5.10 Å². The molecule has 1 aromatic heterocycles. The van der Waals surface area contributed by atoms with Crippen LogP contribution in [-0.4, -0.2) is 95.4 Å². The number of anilines is 1. The van der Waals surface area contributed by atoms with Crippen molar-refractivity contribution in [3.63, 3.8) is 0 Å². The lowest BCUT2D eigenvalue weighted by atomic mass is 9.86. The fourth-order valence-electron chi connectivity index (χ4n) is 6.75. The summed E-state index contributed by atoms with van der Waals surface area (Å²) in [6.45, 7) is 37.3. The first-order chi connectivity index (χ1) is 20.3. The minimum absolute atomic E-state index is 0.457. The van der Waals surface area contributed by atoms with Crippen LogP contribution in [0.4, 0.5) is 5.82 Å². The van der Waals surface area contributed by atoms with Gasteiger partial charge in [-0.05, 0) is 128 Å². The lowest BCUT2D eigenvalue weighted by Gasteiger charge is -2.38. The van der Waals surface area contributed by atoms with Crippen molar-refractivity contribution in [1.82, 2.24) is 24.9 Å². The van der Waals surface area contributed by atoms with Crippen molar-refractivity contribution in [1.29, 1.82) is 0 Å². The summed E-state index contributed by atoms with van der Waals surface area (Å²) in [6, 6.07) is 6.44. The van der Waals surface area contributed by atoms with Crippen molar-refractivity contribution in [2.45, 2.75) is 139 Å².